The number of nitro benzene ring substituents is 1. The van der Waals surface area contributed by atoms with Gasteiger partial charge < -0.3 is 24.4 Å². The fourth-order valence-electron chi connectivity index (χ4n) is 9.54. The molecule has 0 saturated carbocycles. The Balaban J connectivity index is 0.933. The van der Waals surface area contributed by atoms with Gasteiger partial charge in [0, 0.05) is 116 Å². The van der Waals surface area contributed by atoms with Crippen LogP contribution in [0.3, 0.4) is 0 Å². The summed E-state index contributed by atoms with van der Waals surface area (Å²) in [5.41, 5.74) is 6.11. The summed E-state index contributed by atoms with van der Waals surface area (Å²) < 4.78 is 36.6. The van der Waals surface area contributed by atoms with Gasteiger partial charge in [-0.05, 0) is 97.7 Å². The van der Waals surface area contributed by atoms with Crippen molar-refractivity contribution in [2.24, 2.45) is 11.3 Å². The Morgan fingerprint density at radius 3 is 2.51 bits per heavy atom. The number of anilines is 1. The Morgan fingerprint density at radius 2 is 1.75 bits per heavy atom. The molecule has 1 aliphatic carbocycles. The van der Waals surface area contributed by atoms with E-state index < -0.39 is 20.9 Å². The number of allylic oxidation sites excluding steroid dienone is 1. The number of benzene rings is 3. The SMILES string of the molecule is CN1CCN(C[C@@H]2CSc3cc(S(=O)(=O)NC(=O)c4ccc(N5CCN(CC6=C(c7ccc(Cl)cc7)CC(C)(C)CC6)CC5)cc4Oc4cnc5[nH]ccc5c4)cc([N+](=O)[O-])c3C2)CC1. The molecule has 2 aromatic heterocycles. The molecular formula is C48H55ClN8O6S2. The van der Waals surface area contributed by atoms with Crippen molar-refractivity contribution in [1.29, 1.82) is 0 Å². The van der Waals surface area contributed by atoms with E-state index in [1.807, 2.05) is 18.2 Å². The third kappa shape index (κ3) is 10.4. The number of ether oxygens (including phenoxy) is 1. The Labute approximate surface area is 389 Å². The number of sulfonamides is 1. The fourth-order valence-corrected chi connectivity index (χ4v) is 12.0. The van der Waals surface area contributed by atoms with Gasteiger partial charge in [-0.25, -0.2) is 18.1 Å². The van der Waals surface area contributed by atoms with Crippen molar-refractivity contribution in [2.45, 2.75) is 49.3 Å². The molecule has 342 valence electrons. The summed E-state index contributed by atoms with van der Waals surface area (Å²) in [5, 5.41) is 14.0. The zero-order valence-corrected chi connectivity index (χ0v) is 39.4. The summed E-state index contributed by atoms with van der Waals surface area (Å²) in [6.07, 6.45) is 7.00. The number of fused-ring (bicyclic) bond motifs is 2. The molecule has 0 radical (unpaired) electrons. The number of likely N-dealkylation sites (N-methyl/N-ethyl adjacent to an activating group) is 1. The Kier molecular flexibility index (Phi) is 13.0. The van der Waals surface area contributed by atoms with Gasteiger partial charge in [0.05, 0.1) is 21.6 Å². The molecule has 2 saturated heterocycles. The lowest BCUT2D eigenvalue weighted by Gasteiger charge is -2.39. The van der Waals surface area contributed by atoms with Gasteiger partial charge in [-0.1, -0.05) is 43.2 Å². The number of carbonyl (C=O) groups excluding carboxylic acids is 1. The predicted octanol–water partition coefficient (Wildman–Crippen LogP) is 8.33. The van der Waals surface area contributed by atoms with Gasteiger partial charge in [-0.3, -0.25) is 19.8 Å². The first-order valence-corrected chi connectivity index (χ1v) is 25.1. The number of amides is 1. The molecule has 0 bridgehead atoms. The van der Waals surface area contributed by atoms with Crippen LogP contribution in [0.2, 0.25) is 5.02 Å². The van der Waals surface area contributed by atoms with E-state index in [4.69, 9.17) is 16.3 Å². The first-order chi connectivity index (χ1) is 31.2. The van der Waals surface area contributed by atoms with Crippen molar-refractivity contribution in [3.8, 4) is 11.5 Å². The summed E-state index contributed by atoms with van der Waals surface area (Å²) in [7, 11) is -2.45. The predicted molar refractivity (Wildman–Crippen MR) is 257 cm³/mol. The minimum Gasteiger partial charge on any atom is -0.455 e. The second-order valence-electron chi connectivity index (χ2n) is 18.7. The zero-order chi connectivity index (χ0) is 45.5. The van der Waals surface area contributed by atoms with E-state index in [1.165, 1.54) is 34.5 Å². The first-order valence-electron chi connectivity index (χ1n) is 22.3. The normalized spacial score (nSPS) is 19.9. The summed E-state index contributed by atoms with van der Waals surface area (Å²) in [5.74, 6) is 0.489. The van der Waals surface area contributed by atoms with E-state index in [9.17, 15) is 23.3 Å². The van der Waals surface area contributed by atoms with E-state index in [2.05, 4.69) is 67.3 Å². The Bertz CT molecular complexity index is 2750. The van der Waals surface area contributed by atoms with Crippen molar-refractivity contribution in [3.63, 3.8) is 0 Å². The van der Waals surface area contributed by atoms with Gasteiger partial charge in [0.25, 0.3) is 21.6 Å². The van der Waals surface area contributed by atoms with Crippen molar-refractivity contribution in [3.05, 3.63) is 117 Å². The van der Waals surface area contributed by atoms with Gasteiger partial charge in [0.1, 0.15) is 17.1 Å². The minimum atomic E-state index is -4.56. The second kappa shape index (κ2) is 18.7. The summed E-state index contributed by atoms with van der Waals surface area (Å²) in [6, 6.07) is 19.5. The van der Waals surface area contributed by atoms with Crippen molar-refractivity contribution in [2.75, 3.05) is 83.1 Å². The molecule has 3 aliphatic heterocycles. The highest BCUT2D eigenvalue weighted by molar-refractivity contribution is 7.99. The van der Waals surface area contributed by atoms with Crippen LogP contribution in [0.25, 0.3) is 16.6 Å². The van der Waals surface area contributed by atoms with E-state index in [1.54, 1.807) is 36.7 Å². The molecule has 2 N–H and O–H groups in total. The molecule has 5 heterocycles. The molecule has 9 rings (SSSR count). The van der Waals surface area contributed by atoms with Gasteiger partial charge >= 0.3 is 0 Å². The molecular weight excluding hydrogens is 884 g/mol. The number of rotatable bonds is 12. The summed E-state index contributed by atoms with van der Waals surface area (Å²) in [4.78, 5) is 43.2. The maximum absolute atomic E-state index is 14.1. The number of hydrogen-bond acceptors (Lipinski definition) is 12. The lowest BCUT2D eigenvalue weighted by Crippen LogP contribution is -2.47. The van der Waals surface area contributed by atoms with Crippen LogP contribution in [-0.4, -0.2) is 122 Å². The second-order valence-corrected chi connectivity index (χ2v) is 21.8. The number of nitrogens with one attached hydrogen (secondary N) is 2. The van der Waals surface area contributed by atoms with Crippen LogP contribution in [0.1, 0.15) is 54.6 Å². The van der Waals surface area contributed by atoms with E-state index in [-0.39, 0.29) is 33.2 Å². The molecule has 0 spiro atoms. The lowest BCUT2D eigenvalue weighted by atomic mass is 9.72. The maximum Gasteiger partial charge on any atom is 0.275 e. The largest absolute Gasteiger partial charge is 0.455 e. The molecule has 5 aromatic rings. The molecule has 0 unspecified atom stereocenters. The minimum absolute atomic E-state index is 0.0133. The standard InChI is InChI=1S/C48H55ClN8O6S2/c1-48(2)12-10-35(42(27-48)33-4-6-36(49)7-5-33)30-55-18-20-56(21-19-55)37-8-9-40(44(24-37)63-38-23-34-11-13-50-46(34)51-28-38)47(58)52-65(61,62)39-25-43(57(59)60)41-22-32(31-64-45(41)26-39)29-54-16-14-53(3)15-17-54/h4-9,11,13,23-26,28,32H,10,12,14-22,27,29-31H2,1-3H3,(H,50,51)(H,52,58)/t32-/m1/s1. The maximum atomic E-state index is 14.1. The van der Waals surface area contributed by atoms with E-state index >= 15 is 0 Å². The van der Waals surface area contributed by atoms with Gasteiger partial charge in [-0.2, -0.15) is 0 Å². The van der Waals surface area contributed by atoms with Crippen LogP contribution < -0.4 is 14.4 Å². The number of aromatic amines is 1. The number of halogens is 1. The van der Waals surface area contributed by atoms with E-state index in [0.29, 0.717) is 34.0 Å². The van der Waals surface area contributed by atoms with Crippen LogP contribution in [0.5, 0.6) is 11.5 Å². The number of thioether (sulfide) groups is 1. The Hall–Kier alpha value is -4.97. The number of hydrogen-bond donors (Lipinski definition) is 2. The number of nitrogens with zero attached hydrogens (tertiary/aromatic N) is 6. The molecule has 14 nitrogen and oxygen atoms in total. The quantitative estimate of drug-likeness (QED) is 0.0912. The molecule has 1 atom stereocenters. The van der Waals surface area contributed by atoms with Crippen LogP contribution in [-0.2, 0) is 16.4 Å². The van der Waals surface area contributed by atoms with Crippen LogP contribution in [0, 0.1) is 21.4 Å². The van der Waals surface area contributed by atoms with Crippen LogP contribution in [0.4, 0.5) is 11.4 Å². The highest BCUT2D eigenvalue weighted by atomic mass is 35.5. The van der Waals surface area contributed by atoms with Crippen molar-refractivity contribution >= 4 is 67.3 Å². The summed E-state index contributed by atoms with van der Waals surface area (Å²) in [6.45, 7) is 13.4. The molecule has 2 fully saturated rings. The summed E-state index contributed by atoms with van der Waals surface area (Å²) >= 11 is 7.69. The van der Waals surface area contributed by atoms with E-state index in [0.717, 1.165) is 107 Å². The third-order valence-electron chi connectivity index (χ3n) is 13.3. The van der Waals surface area contributed by atoms with Gasteiger partial charge in [0.2, 0.25) is 0 Å². The topological polar surface area (TPSA) is 157 Å². The average molecular weight is 940 g/mol. The zero-order valence-electron chi connectivity index (χ0n) is 37.0. The number of aromatic nitrogens is 2. The highest BCUT2D eigenvalue weighted by Crippen LogP contribution is 2.44. The fraction of sp³-hybridized carbons (Fsp3) is 0.417. The molecule has 4 aliphatic rings. The molecule has 65 heavy (non-hydrogen) atoms. The molecule has 3 aromatic carbocycles. The third-order valence-corrected chi connectivity index (χ3v) is 16.2. The monoisotopic (exact) mass is 938 g/mol. The number of carbonyl (C=O) groups is 1. The lowest BCUT2D eigenvalue weighted by molar-refractivity contribution is -0.386. The van der Waals surface area contributed by atoms with Crippen LogP contribution >= 0.6 is 23.4 Å². The van der Waals surface area contributed by atoms with Crippen molar-refractivity contribution < 1.29 is 22.9 Å². The number of pyridine rings is 1. The number of piperazine rings is 2. The Morgan fingerprint density at radius 1 is 1.00 bits per heavy atom. The smallest absolute Gasteiger partial charge is 0.275 e. The van der Waals surface area contributed by atoms with Crippen LogP contribution in [0.15, 0.2) is 94.5 Å². The number of nitro groups is 1. The van der Waals surface area contributed by atoms with Crippen molar-refractivity contribution in [1.82, 2.24) is 29.4 Å². The molecule has 17 heteroatoms. The molecule has 1 amide bonds. The first kappa shape index (κ1) is 45.2. The highest BCUT2D eigenvalue weighted by Gasteiger charge is 2.34. The number of H-pyrrole nitrogens is 1. The average Bonchev–Trinajstić information content (AvgIpc) is 3.76. The van der Waals surface area contributed by atoms with Gasteiger partial charge in [-0.15, -0.1) is 11.8 Å². The van der Waals surface area contributed by atoms with Gasteiger partial charge in [0.15, 0.2) is 0 Å².